The molecular formula is C11H22N2O2. The zero-order valence-corrected chi connectivity index (χ0v) is 9.94. The third-order valence-corrected chi connectivity index (χ3v) is 3.27. The molecule has 15 heavy (non-hydrogen) atoms. The molecule has 1 aliphatic rings. The summed E-state index contributed by atoms with van der Waals surface area (Å²) in [5.74, 6) is -0.683. The standard InChI is InChI=1S/C11H22N2O2/c1-4-10(11(14)15)13-7-5-6-9(8-13)12(2)3/h9-10H,4-8H2,1-3H3,(H,14,15). The molecule has 2 atom stereocenters. The van der Waals surface area contributed by atoms with E-state index >= 15 is 0 Å². The van der Waals surface area contributed by atoms with E-state index in [1.54, 1.807) is 0 Å². The second-order valence-electron chi connectivity index (χ2n) is 4.52. The van der Waals surface area contributed by atoms with E-state index in [1.165, 1.54) is 6.42 Å². The summed E-state index contributed by atoms with van der Waals surface area (Å²) in [5, 5.41) is 9.10. The van der Waals surface area contributed by atoms with E-state index in [1.807, 2.05) is 6.92 Å². The number of likely N-dealkylation sites (N-methyl/N-ethyl adjacent to an activating group) is 1. The fourth-order valence-corrected chi connectivity index (χ4v) is 2.28. The fraction of sp³-hybridized carbons (Fsp3) is 0.909. The van der Waals surface area contributed by atoms with E-state index in [0.29, 0.717) is 12.5 Å². The Morgan fingerprint density at radius 3 is 2.73 bits per heavy atom. The minimum atomic E-state index is -0.683. The van der Waals surface area contributed by atoms with Gasteiger partial charge in [0.05, 0.1) is 0 Å². The molecule has 1 fully saturated rings. The lowest BCUT2D eigenvalue weighted by Crippen LogP contribution is -2.51. The predicted molar refractivity (Wildman–Crippen MR) is 60.0 cm³/mol. The first-order valence-corrected chi connectivity index (χ1v) is 5.69. The second-order valence-corrected chi connectivity index (χ2v) is 4.52. The van der Waals surface area contributed by atoms with Gasteiger partial charge < -0.3 is 10.0 Å². The van der Waals surface area contributed by atoms with Gasteiger partial charge in [-0.1, -0.05) is 6.92 Å². The highest BCUT2D eigenvalue weighted by molar-refractivity contribution is 5.73. The summed E-state index contributed by atoms with van der Waals surface area (Å²) in [6, 6.07) is 0.208. The number of carboxylic acids is 1. The van der Waals surface area contributed by atoms with Gasteiger partial charge in [0.25, 0.3) is 0 Å². The van der Waals surface area contributed by atoms with Crippen molar-refractivity contribution >= 4 is 5.97 Å². The van der Waals surface area contributed by atoms with Crippen molar-refractivity contribution in [3.8, 4) is 0 Å². The molecule has 1 N–H and O–H groups in total. The number of hydrogen-bond acceptors (Lipinski definition) is 3. The summed E-state index contributed by atoms with van der Waals surface area (Å²) >= 11 is 0. The van der Waals surface area contributed by atoms with Gasteiger partial charge in [-0.25, -0.2) is 0 Å². The summed E-state index contributed by atoms with van der Waals surface area (Å²) in [5.41, 5.74) is 0. The summed E-state index contributed by atoms with van der Waals surface area (Å²) < 4.78 is 0. The van der Waals surface area contributed by atoms with Gasteiger partial charge in [0, 0.05) is 12.6 Å². The molecule has 4 nitrogen and oxygen atoms in total. The van der Waals surface area contributed by atoms with Crippen LogP contribution in [0.2, 0.25) is 0 Å². The molecule has 1 rings (SSSR count). The number of carboxylic acid groups (broad SMARTS) is 1. The highest BCUT2D eigenvalue weighted by Gasteiger charge is 2.29. The maximum absolute atomic E-state index is 11.1. The average molecular weight is 214 g/mol. The van der Waals surface area contributed by atoms with Crippen molar-refractivity contribution in [1.29, 1.82) is 0 Å². The quantitative estimate of drug-likeness (QED) is 0.754. The van der Waals surface area contributed by atoms with E-state index in [0.717, 1.165) is 19.5 Å². The van der Waals surface area contributed by atoms with Gasteiger partial charge in [0.15, 0.2) is 0 Å². The van der Waals surface area contributed by atoms with E-state index < -0.39 is 5.97 Å². The van der Waals surface area contributed by atoms with Crippen LogP contribution in [0.25, 0.3) is 0 Å². The van der Waals surface area contributed by atoms with E-state index in [-0.39, 0.29) is 6.04 Å². The average Bonchev–Trinajstić information content (AvgIpc) is 2.18. The SMILES string of the molecule is CCC(C(=O)O)N1CCCC(N(C)C)C1. The smallest absolute Gasteiger partial charge is 0.320 e. The van der Waals surface area contributed by atoms with Crippen LogP contribution >= 0.6 is 0 Å². The van der Waals surface area contributed by atoms with Crippen molar-refractivity contribution in [2.45, 2.75) is 38.3 Å². The summed E-state index contributed by atoms with van der Waals surface area (Å²) in [7, 11) is 4.13. The van der Waals surface area contributed by atoms with Crippen LogP contribution < -0.4 is 0 Å². The molecule has 0 amide bonds. The Bertz CT molecular complexity index is 219. The zero-order valence-electron chi connectivity index (χ0n) is 9.94. The van der Waals surface area contributed by atoms with E-state index in [9.17, 15) is 4.79 Å². The number of hydrogen-bond donors (Lipinski definition) is 1. The largest absolute Gasteiger partial charge is 0.480 e. The molecule has 0 aromatic heterocycles. The zero-order chi connectivity index (χ0) is 11.4. The number of piperidine rings is 1. The monoisotopic (exact) mass is 214 g/mol. The molecule has 1 heterocycles. The molecule has 1 saturated heterocycles. The van der Waals surface area contributed by atoms with Gasteiger partial charge in [-0.15, -0.1) is 0 Å². The maximum Gasteiger partial charge on any atom is 0.320 e. The highest BCUT2D eigenvalue weighted by Crippen LogP contribution is 2.17. The first-order chi connectivity index (χ1) is 7.06. The van der Waals surface area contributed by atoms with E-state index in [4.69, 9.17) is 5.11 Å². The van der Waals surface area contributed by atoms with Crippen LogP contribution in [0, 0.1) is 0 Å². The number of rotatable bonds is 4. The lowest BCUT2D eigenvalue weighted by atomic mass is 10.0. The highest BCUT2D eigenvalue weighted by atomic mass is 16.4. The lowest BCUT2D eigenvalue weighted by molar-refractivity contribution is -0.144. The lowest BCUT2D eigenvalue weighted by Gasteiger charge is -2.38. The van der Waals surface area contributed by atoms with Gasteiger partial charge in [-0.3, -0.25) is 9.69 Å². The minimum absolute atomic E-state index is 0.298. The molecule has 0 aromatic rings. The number of carbonyl (C=O) groups is 1. The fourth-order valence-electron chi connectivity index (χ4n) is 2.28. The van der Waals surface area contributed by atoms with Gasteiger partial charge in [0.2, 0.25) is 0 Å². The summed E-state index contributed by atoms with van der Waals surface area (Å²) in [6.07, 6.45) is 2.97. The molecular weight excluding hydrogens is 192 g/mol. The van der Waals surface area contributed by atoms with Crippen LogP contribution in [0.5, 0.6) is 0 Å². The van der Waals surface area contributed by atoms with Crippen LogP contribution in [0.4, 0.5) is 0 Å². The Labute approximate surface area is 91.9 Å². The Balaban J connectivity index is 2.58. The number of nitrogens with zero attached hydrogens (tertiary/aromatic N) is 2. The van der Waals surface area contributed by atoms with Gasteiger partial charge >= 0.3 is 5.97 Å². The molecule has 0 aliphatic carbocycles. The van der Waals surface area contributed by atoms with Crippen LogP contribution in [0.1, 0.15) is 26.2 Å². The van der Waals surface area contributed by atoms with Crippen molar-refractivity contribution in [3.63, 3.8) is 0 Å². The molecule has 0 spiro atoms. The third kappa shape index (κ3) is 3.18. The van der Waals surface area contributed by atoms with Crippen LogP contribution in [-0.4, -0.2) is 60.1 Å². The summed E-state index contributed by atoms with van der Waals surface area (Å²) in [6.45, 7) is 3.75. The third-order valence-electron chi connectivity index (χ3n) is 3.27. The van der Waals surface area contributed by atoms with Crippen molar-refractivity contribution in [3.05, 3.63) is 0 Å². The molecule has 0 aromatic carbocycles. The molecule has 0 bridgehead atoms. The molecule has 0 radical (unpaired) electrons. The van der Waals surface area contributed by atoms with Gasteiger partial charge in [-0.05, 0) is 39.9 Å². The van der Waals surface area contributed by atoms with Crippen molar-refractivity contribution < 1.29 is 9.90 Å². The topological polar surface area (TPSA) is 43.8 Å². The van der Waals surface area contributed by atoms with Crippen molar-refractivity contribution in [1.82, 2.24) is 9.80 Å². The Kier molecular flexibility index (Phi) is 4.54. The Hall–Kier alpha value is -0.610. The summed E-state index contributed by atoms with van der Waals surface area (Å²) in [4.78, 5) is 15.4. The molecule has 88 valence electrons. The van der Waals surface area contributed by atoms with Crippen LogP contribution in [-0.2, 0) is 4.79 Å². The Morgan fingerprint density at radius 2 is 2.27 bits per heavy atom. The van der Waals surface area contributed by atoms with E-state index in [2.05, 4.69) is 23.9 Å². The number of likely N-dealkylation sites (tertiary alicyclic amines) is 1. The Morgan fingerprint density at radius 1 is 1.60 bits per heavy atom. The molecule has 2 unspecified atom stereocenters. The maximum atomic E-state index is 11.1. The van der Waals surface area contributed by atoms with Crippen LogP contribution in [0.3, 0.4) is 0 Å². The minimum Gasteiger partial charge on any atom is -0.480 e. The van der Waals surface area contributed by atoms with Gasteiger partial charge in [-0.2, -0.15) is 0 Å². The van der Waals surface area contributed by atoms with Gasteiger partial charge in [0.1, 0.15) is 6.04 Å². The second kappa shape index (κ2) is 5.47. The van der Waals surface area contributed by atoms with Crippen LogP contribution in [0.15, 0.2) is 0 Å². The predicted octanol–water partition coefficient (Wildman–Crippen LogP) is 0.876. The van der Waals surface area contributed by atoms with Crippen molar-refractivity contribution in [2.75, 3.05) is 27.2 Å². The molecule has 1 aliphatic heterocycles. The van der Waals surface area contributed by atoms with Crippen molar-refractivity contribution in [2.24, 2.45) is 0 Å². The molecule has 4 heteroatoms. The molecule has 0 saturated carbocycles. The number of aliphatic carboxylic acids is 1. The first kappa shape index (κ1) is 12.5. The first-order valence-electron chi connectivity index (χ1n) is 5.69. The normalized spacial score (nSPS) is 25.5.